The van der Waals surface area contributed by atoms with Gasteiger partial charge in [-0.2, -0.15) is 8.78 Å². The van der Waals surface area contributed by atoms with E-state index < -0.39 is 24.0 Å². The fourth-order valence-corrected chi connectivity index (χ4v) is 0.966. The van der Waals surface area contributed by atoms with Crippen molar-refractivity contribution < 1.29 is 22.3 Å². The SMILES string of the molecule is Fc1cc(S)c(F)c(OC(F)F)c1. The van der Waals surface area contributed by atoms with Gasteiger partial charge in [0.05, 0.1) is 0 Å². The summed E-state index contributed by atoms with van der Waals surface area (Å²) >= 11 is 3.52. The molecule has 0 radical (unpaired) electrons. The van der Waals surface area contributed by atoms with Crippen LogP contribution in [0.2, 0.25) is 0 Å². The highest BCUT2D eigenvalue weighted by molar-refractivity contribution is 7.80. The molecule has 1 rings (SSSR count). The minimum atomic E-state index is -3.19. The molecule has 0 atom stereocenters. The molecule has 13 heavy (non-hydrogen) atoms. The summed E-state index contributed by atoms with van der Waals surface area (Å²) in [6, 6.07) is 1.29. The fourth-order valence-electron chi connectivity index (χ4n) is 0.732. The summed E-state index contributed by atoms with van der Waals surface area (Å²) in [5.41, 5.74) is 0. The van der Waals surface area contributed by atoms with Crippen LogP contribution in [0.1, 0.15) is 0 Å². The maximum absolute atomic E-state index is 12.8. The van der Waals surface area contributed by atoms with Crippen molar-refractivity contribution in [3.63, 3.8) is 0 Å². The molecule has 0 saturated carbocycles. The molecule has 1 aromatic rings. The van der Waals surface area contributed by atoms with E-state index in [1.165, 1.54) is 0 Å². The molecule has 1 nitrogen and oxygen atoms in total. The highest BCUT2D eigenvalue weighted by Gasteiger charge is 2.13. The smallest absolute Gasteiger partial charge is 0.387 e. The monoisotopic (exact) mass is 212 g/mol. The normalized spacial score (nSPS) is 10.6. The Morgan fingerprint density at radius 3 is 2.38 bits per heavy atom. The second-order valence-electron chi connectivity index (χ2n) is 2.12. The molecule has 0 saturated heterocycles. The van der Waals surface area contributed by atoms with E-state index in [0.29, 0.717) is 6.07 Å². The first kappa shape index (κ1) is 10.2. The third kappa shape index (κ3) is 2.51. The van der Waals surface area contributed by atoms with Crippen molar-refractivity contribution in [3.05, 3.63) is 23.8 Å². The van der Waals surface area contributed by atoms with E-state index in [1.807, 2.05) is 0 Å². The predicted octanol–water partition coefficient (Wildman–Crippen LogP) is 2.85. The quantitative estimate of drug-likeness (QED) is 0.585. The summed E-state index contributed by atoms with van der Waals surface area (Å²) in [5, 5.41) is 0. The van der Waals surface area contributed by atoms with Gasteiger partial charge >= 0.3 is 6.61 Å². The van der Waals surface area contributed by atoms with E-state index in [2.05, 4.69) is 17.4 Å². The Labute approximate surface area is 76.7 Å². The highest BCUT2D eigenvalue weighted by Crippen LogP contribution is 2.26. The average molecular weight is 212 g/mol. The number of benzene rings is 1. The van der Waals surface area contributed by atoms with Gasteiger partial charge < -0.3 is 4.74 Å². The second-order valence-corrected chi connectivity index (χ2v) is 2.60. The molecule has 0 N–H and O–H groups in total. The summed E-state index contributed by atoms with van der Waals surface area (Å²) in [4.78, 5) is -0.379. The first-order chi connectivity index (χ1) is 6.00. The standard InChI is InChI=1S/C7H4F4OS/c8-3-1-4(12-7(10)11)6(9)5(13)2-3/h1-2,7,13H. The van der Waals surface area contributed by atoms with Gasteiger partial charge in [0, 0.05) is 11.0 Å². The third-order valence-electron chi connectivity index (χ3n) is 1.20. The van der Waals surface area contributed by atoms with E-state index in [4.69, 9.17) is 0 Å². The number of alkyl halides is 2. The first-order valence-corrected chi connectivity index (χ1v) is 3.58. The molecule has 0 heterocycles. The van der Waals surface area contributed by atoms with E-state index in [9.17, 15) is 17.6 Å². The van der Waals surface area contributed by atoms with Crippen LogP contribution in [0.15, 0.2) is 17.0 Å². The molecule has 0 aliphatic heterocycles. The molecule has 1 aromatic carbocycles. The molecular weight excluding hydrogens is 208 g/mol. The average Bonchev–Trinajstić information content (AvgIpc) is 1.98. The molecule has 0 aromatic heterocycles. The van der Waals surface area contributed by atoms with Gasteiger partial charge in [0.2, 0.25) is 0 Å². The van der Waals surface area contributed by atoms with E-state index in [1.54, 1.807) is 0 Å². The van der Waals surface area contributed by atoms with E-state index in [0.717, 1.165) is 6.07 Å². The number of hydrogen-bond donors (Lipinski definition) is 1. The van der Waals surface area contributed by atoms with Crippen LogP contribution in [-0.4, -0.2) is 6.61 Å². The number of halogens is 4. The predicted molar refractivity (Wildman–Crippen MR) is 40.2 cm³/mol. The second kappa shape index (κ2) is 3.87. The molecule has 72 valence electrons. The van der Waals surface area contributed by atoms with Crippen molar-refractivity contribution in [2.45, 2.75) is 11.5 Å². The summed E-state index contributed by atoms with van der Waals surface area (Å²) in [6.07, 6.45) is 0. The number of ether oxygens (including phenoxy) is 1. The maximum Gasteiger partial charge on any atom is 0.387 e. The van der Waals surface area contributed by atoms with E-state index in [-0.39, 0.29) is 4.90 Å². The Bertz CT molecular complexity index is 316. The van der Waals surface area contributed by atoms with Gasteiger partial charge in [-0.05, 0) is 6.07 Å². The summed E-state index contributed by atoms with van der Waals surface area (Å²) in [5.74, 6) is -2.84. The lowest BCUT2D eigenvalue weighted by molar-refractivity contribution is -0.0526. The van der Waals surface area contributed by atoms with Crippen molar-refractivity contribution in [2.75, 3.05) is 0 Å². The molecule has 6 heteroatoms. The lowest BCUT2D eigenvalue weighted by atomic mass is 10.3. The minimum absolute atomic E-state index is 0.379. The summed E-state index contributed by atoms with van der Waals surface area (Å²) < 4.78 is 52.3. The highest BCUT2D eigenvalue weighted by atomic mass is 32.1. The molecule has 0 spiro atoms. The lowest BCUT2D eigenvalue weighted by Gasteiger charge is -2.06. The van der Waals surface area contributed by atoms with Crippen molar-refractivity contribution in [2.24, 2.45) is 0 Å². The van der Waals surface area contributed by atoms with Gasteiger partial charge in [-0.15, -0.1) is 12.6 Å². The largest absolute Gasteiger partial charge is 0.432 e. The van der Waals surface area contributed by atoms with Crippen LogP contribution in [-0.2, 0) is 0 Å². The third-order valence-corrected chi connectivity index (χ3v) is 1.53. The van der Waals surface area contributed by atoms with Crippen LogP contribution in [0.25, 0.3) is 0 Å². The molecule has 0 bridgehead atoms. The van der Waals surface area contributed by atoms with Crippen LogP contribution in [0, 0.1) is 11.6 Å². The van der Waals surface area contributed by atoms with Gasteiger partial charge in [-0.3, -0.25) is 0 Å². The molecular formula is C7H4F4OS. The Hall–Kier alpha value is -0.910. The zero-order valence-electron chi connectivity index (χ0n) is 6.10. The van der Waals surface area contributed by atoms with Crippen molar-refractivity contribution in [3.8, 4) is 5.75 Å². The number of hydrogen-bond acceptors (Lipinski definition) is 2. The zero-order chi connectivity index (χ0) is 10.0. The molecule has 0 aliphatic rings. The van der Waals surface area contributed by atoms with Crippen LogP contribution >= 0.6 is 12.6 Å². The Balaban J connectivity index is 3.05. The Morgan fingerprint density at radius 2 is 1.85 bits per heavy atom. The van der Waals surface area contributed by atoms with Gasteiger partial charge in [0.15, 0.2) is 11.6 Å². The Kier molecular flexibility index (Phi) is 3.02. The first-order valence-electron chi connectivity index (χ1n) is 3.13. The number of thiol groups is 1. The lowest BCUT2D eigenvalue weighted by Crippen LogP contribution is -2.04. The zero-order valence-corrected chi connectivity index (χ0v) is 6.99. The maximum atomic E-state index is 12.8. The van der Waals surface area contributed by atoms with Crippen LogP contribution < -0.4 is 4.74 Å². The summed E-state index contributed by atoms with van der Waals surface area (Å²) in [7, 11) is 0. The molecule has 0 fully saturated rings. The van der Waals surface area contributed by atoms with Crippen molar-refractivity contribution in [1.82, 2.24) is 0 Å². The van der Waals surface area contributed by atoms with Gasteiger partial charge in [-0.25, -0.2) is 8.78 Å². The van der Waals surface area contributed by atoms with Crippen molar-refractivity contribution in [1.29, 1.82) is 0 Å². The topological polar surface area (TPSA) is 9.23 Å². The van der Waals surface area contributed by atoms with Gasteiger partial charge in [0.25, 0.3) is 0 Å². The van der Waals surface area contributed by atoms with Crippen LogP contribution in [0.4, 0.5) is 17.6 Å². The number of rotatable bonds is 2. The minimum Gasteiger partial charge on any atom is -0.432 e. The summed E-state index contributed by atoms with van der Waals surface area (Å²) in [6.45, 7) is -3.19. The Morgan fingerprint density at radius 1 is 1.23 bits per heavy atom. The van der Waals surface area contributed by atoms with Gasteiger partial charge in [0.1, 0.15) is 5.82 Å². The van der Waals surface area contributed by atoms with Crippen LogP contribution in [0.3, 0.4) is 0 Å². The molecule has 0 aliphatic carbocycles. The van der Waals surface area contributed by atoms with Crippen LogP contribution in [0.5, 0.6) is 5.75 Å². The fraction of sp³-hybridized carbons (Fsp3) is 0.143. The molecule has 0 amide bonds. The van der Waals surface area contributed by atoms with Crippen molar-refractivity contribution >= 4 is 12.6 Å². The van der Waals surface area contributed by atoms with E-state index >= 15 is 0 Å². The molecule has 0 unspecified atom stereocenters. The van der Waals surface area contributed by atoms with Gasteiger partial charge in [-0.1, -0.05) is 0 Å².